The predicted octanol–water partition coefficient (Wildman–Crippen LogP) is 6.13. The van der Waals surface area contributed by atoms with E-state index < -0.39 is 44.3 Å². The Balaban J connectivity index is 1.98. The highest BCUT2D eigenvalue weighted by Gasteiger charge is 2.36. The zero-order chi connectivity index (χ0) is 30.9. The van der Waals surface area contributed by atoms with E-state index >= 15 is 0 Å². The molecule has 2 aromatic carbocycles. The van der Waals surface area contributed by atoms with Gasteiger partial charge in [-0.3, -0.25) is 0 Å². The SMILES string of the molecule is CCCCc1nc(SC(F)(F)F)c(C(=O)OCC)n1Cc1ccc(-c2ccccc2S(=O)(=O)NC(=O)NCCC)cc1. The maximum absolute atomic E-state index is 13.3. The number of carbonyl (C=O) groups is 2. The second-order valence-corrected chi connectivity index (χ2v) is 11.9. The van der Waals surface area contributed by atoms with Gasteiger partial charge in [-0.1, -0.05) is 62.7 Å². The van der Waals surface area contributed by atoms with Gasteiger partial charge in [0.15, 0.2) is 5.69 Å². The standard InChI is InChI=1S/C28H33F3N4O5S2/c1-4-7-12-23-33-25(41-28(29,30)31)24(26(36)40-6-3)35(23)18-19-13-15-20(16-14-19)21-10-8-9-11-22(21)42(38,39)34-27(37)32-17-5-2/h8-11,13-16H,4-7,12,17-18H2,1-3H3,(H2,32,34,37). The topological polar surface area (TPSA) is 119 Å². The largest absolute Gasteiger partial charge is 0.461 e. The van der Waals surface area contributed by atoms with Crippen LogP contribution in [0.25, 0.3) is 11.1 Å². The number of ether oxygens (including phenoxy) is 1. The lowest BCUT2D eigenvalue weighted by molar-refractivity contribution is -0.0329. The third kappa shape index (κ3) is 8.74. The molecule has 0 radical (unpaired) electrons. The summed E-state index contributed by atoms with van der Waals surface area (Å²) >= 11 is -0.452. The van der Waals surface area contributed by atoms with Crippen LogP contribution in [0.2, 0.25) is 0 Å². The number of halogens is 3. The molecule has 2 amide bonds. The number of amides is 2. The molecule has 0 aliphatic rings. The minimum atomic E-state index is -4.65. The average molecular weight is 627 g/mol. The van der Waals surface area contributed by atoms with Gasteiger partial charge in [-0.25, -0.2) is 27.7 Å². The first-order valence-electron chi connectivity index (χ1n) is 13.4. The lowest BCUT2D eigenvalue weighted by Crippen LogP contribution is -2.39. The van der Waals surface area contributed by atoms with Gasteiger partial charge in [-0.2, -0.15) is 13.2 Å². The van der Waals surface area contributed by atoms with Crippen LogP contribution in [-0.2, 0) is 27.7 Å². The number of aryl methyl sites for hydroxylation is 1. The maximum atomic E-state index is 13.3. The van der Waals surface area contributed by atoms with E-state index in [4.69, 9.17) is 4.74 Å². The molecule has 1 aromatic heterocycles. The molecule has 2 N–H and O–H groups in total. The Morgan fingerprint density at radius 2 is 1.71 bits per heavy atom. The van der Waals surface area contributed by atoms with E-state index in [1.807, 2.05) is 18.6 Å². The monoisotopic (exact) mass is 626 g/mol. The molecular formula is C28H33F3N4O5S2. The van der Waals surface area contributed by atoms with Crippen LogP contribution in [0.1, 0.15) is 61.9 Å². The summed E-state index contributed by atoms with van der Waals surface area (Å²) in [5.74, 6) is -0.565. The number of aromatic nitrogens is 2. The van der Waals surface area contributed by atoms with Gasteiger partial charge in [0.1, 0.15) is 10.9 Å². The van der Waals surface area contributed by atoms with Gasteiger partial charge < -0.3 is 14.6 Å². The number of unbranched alkanes of at least 4 members (excludes halogenated alkanes) is 1. The average Bonchev–Trinajstić information content (AvgIpc) is 3.25. The third-order valence-electron chi connectivity index (χ3n) is 5.99. The van der Waals surface area contributed by atoms with E-state index in [2.05, 4.69) is 10.3 Å². The lowest BCUT2D eigenvalue weighted by Gasteiger charge is -2.14. The summed E-state index contributed by atoms with van der Waals surface area (Å²) in [6.45, 7) is 5.68. The molecule has 0 saturated carbocycles. The van der Waals surface area contributed by atoms with Crippen molar-refractivity contribution >= 4 is 33.8 Å². The minimum Gasteiger partial charge on any atom is -0.461 e. The Hall–Kier alpha value is -3.52. The molecule has 0 saturated heterocycles. The van der Waals surface area contributed by atoms with Crippen molar-refractivity contribution in [3.05, 3.63) is 65.6 Å². The normalized spacial score (nSPS) is 11.8. The number of alkyl halides is 3. The zero-order valence-corrected chi connectivity index (χ0v) is 25.1. The first-order chi connectivity index (χ1) is 19.9. The molecule has 0 aliphatic heterocycles. The molecule has 0 bridgehead atoms. The number of rotatable bonds is 13. The van der Waals surface area contributed by atoms with Gasteiger partial charge in [-0.05, 0) is 37.0 Å². The molecule has 42 heavy (non-hydrogen) atoms. The summed E-state index contributed by atoms with van der Waals surface area (Å²) in [6.07, 6.45) is 2.43. The smallest absolute Gasteiger partial charge is 0.447 e. The first-order valence-corrected chi connectivity index (χ1v) is 15.7. The molecule has 1 heterocycles. The van der Waals surface area contributed by atoms with Crippen molar-refractivity contribution in [3.8, 4) is 11.1 Å². The fourth-order valence-electron chi connectivity index (χ4n) is 4.11. The van der Waals surface area contributed by atoms with Gasteiger partial charge in [0.05, 0.1) is 11.5 Å². The van der Waals surface area contributed by atoms with Crippen LogP contribution < -0.4 is 10.0 Å². The number of sulfonamides is 1. The summed E-state index contributed by atoms with van der Waals surface area (Å²) in [5.41, 5.74) is -3.39. The Kier molecular flexibility index (Phi) is 11.5. The molecule has 228 valence electrons. The van der Waals surface area contributed by atoms with Gasteiger partial charge in [-0.15, -0.1) is 0 Å². The molecule has 0 aliphatic carbocycles. The van der Waals surface area contributed by atoms with E-state index in [1.54, 1.807) is 49.4 Å². The van der Waals surface area contributed by atoms with Crippen molar-refractivity contribution in [2.24, 2.45) is 0 Å². The summed E-state index contributed by atoms with van der Waals surface area (Å²) in [6, 6.07) is 12.1. The summed E-state index contributed by atoms with van der Waals surface area (Å²) in [5, 5.41) is 2.01. The number of urea groups is 1. The number of benzene rings is 2. The fourth-order valence-corrected chi connectivity index (χ4v) is 5.93. The van der Waals surface area contributed by atoms with Crippen molar-refractivity contribution in [3.63, 3.8) is 0 Å². The van der Waals surface area contributed by atoms with Gasteiger partial charge in [0, 0.05) is 36.8 Å². The molecular weight excluding hydrogens is 593 g/mol. The molecule has 14 heteroatoms. The molecule has 0 atom stereocenters. The Bertz CT molecular complexity index is 1490. The zero-order valence-electron chi connectivity index (χ0n) is 23.5. The molecule has 9 nitrogen and oxygen atoms in total. The second-order valence-electron chi connectivity index (χ2n) is 9.19. The highest BCUT2D eigenvalue weighted by molar-refractivity contribution is 8.00. The van der Waals surface area contributed by atoms with Crippen LogP contribution in [0.4, 0.5) is 18.0 Å². The van der Waals surface area contributed by atoms with E-state index in [9.17, 15) is 31.2 Å². The lowest BCUT2D eigenvalue weighted by atomic mass is 10.0. The van der Waals surface area contributed by atoms with Gasteiger partial charge >= 0.3 is 17.5 Å². The predicted molar refractivity (Wildman–Crippen MR) is 154 cm³/mol. The van der Waals surface area contributed by atoms with Gasteiger partial charge in [0.2, 0.25) is 0 Å². The van der Waals surface area contributed by atoms with Crippen molar-refractivity contribution in [2.75, 3.05) is 13.2 Å². The molecule has 3 rings (SSSR count). The van der Waals surface area contributed by atoms with Crippen molar-refractivity contribution < 1.29 is 35.9 Å². The summed E-state index contributed by atoms with van der Waals surface area (Å²) < 4.78 is 74.5. The van der Waals surface area contributed by atoms with E-state index in [1.165, 1.54) is 10.6 Å². The maximum Gasteiger partial charge on any atom is 0.447 e. The van der Waals surface area contributed by atoms with Crippen molar-refractivity contribution in [1.82, 2.24) is 19.6 Å². The Morgan fingerprint density at radius 3 is 2.33 bits per heavy atom. The number of hydrogen-bond acceptors (Lipinski definition) is 7. The van der Waals surface area contributed by atoms with Crippen LogP contribution in [0, 0.1) is 0 Å². The van der Waals surface area contributed by atoms with Crippen molar-refractivity contribution in [2.45, 2.75) is 68.4 Å². The van der Waals surface area contributed by atoms with Crippen LogP contribution in [0.5, 0.6) is 0 Å². The highest BCUT2D eigenvalue weighted by atomic mass is 32.2. The fraction of sp³-hybridized carbons (Fsp3) is 0.393. The number of esters is 1. The van der Waals surface area contributed by atoms with Crippen LogP contribution in [-0.4, -0.2) is 48.6 Å². The Labute approximate surface area is 247 Å². The molecule has 0 unspecified atom stereocenters. The Morgan fingerprint density at radius 1 is 1.02 bits per heavy atom. The minimum absolute atomic E-state index is 0.0173. The van der Waals surface area contributed by atoms with E-state index in [0.29, 0.717) is 48.3 Å². The van der Waals surface area contributed by atoms with Crippen LogP contribution in [0.15, 0.2) is 58.5 Å². The summed E-state index contributed by atoms with van der Waals surface area (Å²) in [7, 11) is -4.19. The van der Waals surface area contributed by atoms with E-state index in [-0.39, 0.29) is 23.7 Å². The van der Waals surface area contributed by atoms with Crippen molar-refractivity contribution in [1.29, 1.82) is 0 Å². The molecule has 0 fully saturated rings. The number of hydrogen-bond donors (Lipinski definition) is 2. The number of imidazole rings is 1. The highest BCUT2D eigenvalue weighted by Crippen LogP contribution is 2.39. The second kappa shape index (κ2) is 14.6. The number of thioether (sulfide) groups is 1. The van der Waals surface area contributed by atoms with Crippen LogP contribution >= 0.6 is 11.8 Å². The molecule has 0 spiro atoms. The third-order valence-corrected chi connectivity index (χ3v) is 8.09. The number of carbonyl (C=O) groups excluding carboxylic acids is 2. The molecule has 3 aromatic rings. The quantitative estimate of drug-likeness (QED) is 0.173. The summed E-state index contributed by atoms with van der Waals surface area (Å²) in [4.78, 5) is 28.9. The first kappa shape index (κ1) is 33.0. The van der Waals surface area contributed by atoms with E-state index in [0.717, 1.165) is 6.42 Å². The number of nitrogens with zero attached hydrogens (tertiary/aromatic N) is 2. The van der Waals surface area contributed by atoms with Gasteiger partial charge in [0.25, 0.3) is 10.0 Å². The number of nitrogens with one attached hydrogen (secondary N) is 2. The van der Waals surface area contributed by atoms with Crippen LogP contribution in [0.3, 0.4) is 0 Å².